The summed E-state index contributed by atoms with van der Waals surface area (Å²) >= 11 is 5.91. The molecule has 8 nitrogen and oxygen atoms in total. The minimum absolute atomic E-state index is 0.0132. The second-order valence-corrected chi connectivity index (χ2v) is 8.41. The molecule has 0 saturated carbocycles. The molecule has 0 radical (unpaired) electrons. The van der Waals surface area contributed by atoms with Gasteiger partial charge in [0, 0.05) is 36.8 Å². The van der Waals surface area contributed by atoms with Crippen molar-refractivity contribution >= 4 is 23.3 Å². The summed E-state index contributed by atoms with van der Waals surface area (Å²) < 4.78 is 5.39. The number of carbonyl (C=O) groups excluding carboxylic acids is 2. The van der Waals surface area contributed by atoms with Crippen LogP contribution < -0.4 is 5.32 Å². The van der Waals surface area contributed by atoms with E-state index in [0.717, 1.165) is 31.7 Å². The van der Waals surface area contributed by atoms with Crippen molar-refractivity contribution in [3.8, 4) is 11.4 Å². The molecular weight excluding hydrogens is 406 g/mol. The molecule has 0 spiro atoms. The molecule has 1 unspecified atom stereocenters. The van der Waals surface area contributed by atoms with Gasteiger partial charge in [-0.05, 0) is 37.1 Å². The molecule has 1 saturated heterocycles. The number of carbonyl (C=O) groups is 2. The van der Waals surface area contributed by atoms with E-state index in [-0.39, 0.29) is 17.6 Å². The van der Waals surface area contributed by atoms with Gasteiger partial charge >= 0.3 is 0 Å². The smallest absolute Gasteiger partial charge is 0.241 e. The number of Topliss-reactive ketones (excluding diaryl/α,β-unsaturated/α-hetero) is 1. The molecule has 162 valence electrons. The Hall–Kier alpha value is -2.29. The van der Waals surface area contributed by atoms with E-state index in [9.17, 15) is 9.59 Å². The van der Waals surface area contributed by atoms with Gasteiger partial charge in [0.05, 0.1) is 19.1 Å². The predicted octanol–water partition coefficient (Wildman–Crippen LogP) is 2.24. The topological polar surface area (TPSA) is 91.6 Å². The molecule has 1 amide bonds. The van der Waals surface area contributed by atoms with Crippen molar-refractivity contribution in [2.45, 2.75) is 33.4 Å². The van der Waals surface area contributed by atoms with Crippen molar-refractivity contribution in [1.29, 1.82) is 0 Å². The molecule has 9 heteroatoms. The van der Waals surface area contributed by atoms with Crippen LogP contribution in [0.25, 0.3) is 11.4 Å². The lowest BCUT2D eigenvalue weighted by Crippen LogP contribution is -2.51. The number of rotatable bonds is 8. The Morgan fingerprint density at radius 1 is 1.13 bits per heavy atom. The lowest BCUT2D eigenvalue weighted by atomic mass is 10.0. The molecule has 1 aliphatic heterocycles. The number of amides is 1. The van der Waals surface area contributed by atoms with Crippen molar-refractivity contribution in [3.63, 3.8) is 0 Å². The minimum atomic E-state index is -0.425. The molecule has 0 aliphatic carbocycles. The fourth-order valence-electron chi connectivity index (χ4n) is 3.49. The van der Waals surface area contributed by atoms with Crippen LogP contribution in [-0.2, 0) is 16.1 Å². The molecule has 1 aromatic carbocycles. The summed E-state index contributed by atoms with van der Waals surface area (Å²) in [6.45, 7) is 9.36. The van der Waals surface area contributed by atoms with E-state index in [4.69, 9.17) is 16.1 Å². The minimum Gasteiger partial charge on any atom is -0.345 e. The van der Waals surface area contributed by atoms with Gasteiger partial charge in [0.1, 0.15) is 0 Å². The molecular formula is C21H28ClN5O3. The van der Waals surface area contributed by atoms with E-state index in [1.165, 1.54) is 6.92 Å². The van der Waals surface area contributed by atoms with E-state index < -0.39 is 6.04 Å². The first-order valence-corrected chi connectivity index (χ1v) is 10.5. The molecule has 1 aliphatic rings. The van der Waals surface area contributed by atoms with Crippen LogP contribution in [-0.4, -0.2) is 70.4 Å². The summed E-state index contributed by atoms with van der Waals surface area (Å²) in [6, 6.07) is 6.88. The standard InChI is InChI=1S/C21H28ClN5O3/c1-14(2)20(15(3)28)23-18(29)12-26-8-10-27(11-9-26)13-19-24-21(25-30-19)16-4-6-17(22)7-5-16/h4-7,14,20H,8-13H2,1-3H3,(H,23,29). The number of nitrogens with one attached hydrogen (secondary N) is 1. The molecule has 3 rings (SSSR count). The van der Waals surface area contributed by atoms with Crippen molar-refractivity contribution in [3.05, 3.63) is 35.2 Å². The monoisotopic (exact) mass is 433 g/mol. The van der Waals surface area contributed by atoms with Crippen molar-refractivity contribution in [2.24, 2.45) is 5.92 Å². The Labute approximate surface area is 181 Å². The maximum atomic E-state index is 12.3. The van der Waals surface area contributed by atoms with Gasteiger partial charge in [0.25, 0.3) is 0 Å². The molecule has 2 aromatic rings. The van der Waals surface area contributed by atoms with Crippen LogP contribution in [0.1, 0.15) is 26.7 Å². The van der Waals surface area contributed by atoms with Gasteiger partial charge in [-0.15, -0.1) is 0 Å². The zero-order valence-corrected chi connectivity index (χ0v) is 18.4. The van der Waals surface area contributed by atoms with Crippen LogP contribution >= 0.6 is 11.6 Å². The van der Waals surface area contributed by atoms with Gasteiger partial charge in [-0.25, -0.2) is 0 Å². The first kappa shape index (κ1) is 22.4. The number of hydrogen-bond donors (Lipinski definition) is 1. The maximum Gasteiger partial charge on any atom is 0.241 e. The van der Waals surface area contributed by atoms with Crippen molar-refractivity contribution in [2.75, 3.05) is 32.7 Å². The first-order chi connectivity index (χ1) is 14.3. The van der Waals surface area contributed by atoms with Crippen molar-refractivity contribution < 1.29 is 14.1 Å². The van der Waals surface area contributed by atoms with Crippen LogP contribution in [0.15, 0.2) is 28.8 Å². The average molecular weight is 434 g/mol. The van der Waals surface area contributed by atoms with Gasteiger partial charge in [-0.1, -0.05) is 30.6 Å². The second kappa shape index (κ2) is 10.1. The van der Waals surface area contributed by atoms with E-state index in [0.29, 0.717) is 29.8 Å². The summed E-state index contributed by atoms with van der Waals surface area (Å²) in [5.41, 5.74) is 0.857. The van der Waals surface area contributed by atoms with E-state index >= 15 is 0 Å². The van der Waals surface area contributed by atoms with Gasteiger partial charge in [0.2, 0.25) is 17.6 Å². The predicted molar refractivity (Wildman–Crippen MR) is 114 cm³/mol. The Bertz CT molecular complexity index is 860. The maximum absolute atomic E-state index is 12.3. The van der Waals surface area contributed by atoms with Gasteiger partial charge < -0.3 is 9.84 Å². The van der Waals surface area contributed by atoms with Crippen LogP contribution in [0.4, 0.5) is 0 Å². The molecule has 1 fully saturated rings. The lowest BCUT2D eigenvalue weighted by Gasteiger charge is -2.33. The highest BCUT2D eigenvalue weighted by atomic mass is 35.5. The number of nitrogens with zero attached hydrogens (tertiary/aromatic N) is 4. The fraction of sp³-hybridized carbons (Fsp3) is 0.524. The van der Waals surface area contributed by atoms with E-state index in [1.807, 2.05) is 26.0 Å². The summed E-state index contributed by atoms with van der Waals surface area (Å²) in [5, 5.41) is 7.56. The zero-order valence-electron chi connectivity index (χ0n) is 17.6. The molecule has 0 bridgehead atoms. The Morgan fingerprint density at radius 3 is 2.37 bits per heavy atom. The largest absolute Gasteiger partial charge is 0.345 e. The molecule has 1 atom stereocenters. The van der Waals surface area contributed by atoms with Crippen LogP contribution in [0.2, 0.25) is 5.02 Å². The molecule has 1 aromatic heterocycles. The fourth-order valence-corrected chi connectivity index (χ4v) is 3.62. The SMILES string of the molecule is CC(=O)C(NC(=O)CN1CCN(Cc2nc(-c3ccc(Cl)cc3)no2)CC1)C(C)C. The molecule has 2 heterocycles. The summed E-state index contributed by atoms with van der Waals surface area (Å²) in [4.78, 5) is 32.8. The third-order valence-electron chi connectivity index (χ3n) is 5.18. The molecule has 30 heavy (non-hydrogen) atoms. The van der Waals surface area contributed by atoms with Gasteiger partial charge in [0.15, 0.2) is 5.78 Å². The zero-order chi connectivity index (χ0) is 21.7. The Kier molecular flexibility index (Phi) is 7.58. The Balaban J connectivity index is 1.45. The van der Waals surface area contributed by atoms with Crippen LogP contribution in [0.3, 0.4) is 0 Å². The number of aromatic nitrogens is 2. The highest BCUT2D eigenvalue weighted by molar-refractivity contribution is 6.30. The highest BCUT2D eigenvalue weighted by Gasteiger charge is 2.24. The number of benzene rings is 1. The van der Waals surface area contributed by atoms with E-state index in [1.54, 1.807) is 12.1 Å². The van der Waals surface area contributed by atoms with Crippen LogP contribution in [0.5, 0.6) is 0 Å². The summed E-state index contributed by atoms with van der Waals surface area (Å²) in [7, 11) is 0. The quantitative estimate of drug-likeness (QED) is 0.682. The molecule has 1 N–H and O–H groups in total. The average Bonchev–Trinajstić information content (AvgIpc) is 3.16. The Morgan fingerprint density at radius 2 is 1.77 bits per heavy atom. The van der Waals surface area contributed by atoms with E-state index in [2.05, 4.69) is 25.3 Å². The van der Waals surface area contributed by atoms with Gasteiger partial charge in [-0.2, -0.15) is 4.98 Å². The highest BCUT2D eigenvalue weighted by Crippen LogP contribution is 2.19. The lowest BCUT2D eigenvalue weighted by molar-refractivity contribution is -0.128. The number of piperazine rings is 1. The number of ketones is 1. The van der Waals surface area contributed by atoms with Crippen molar-refractivity contribution in [1.82, 2.24) is 25.3 Å². The second-order valence-electron chi connectivity index (χ2n) is 7.97. The normalized spacial score (nSPS) is 16.6. The third kappa shape index (κ3) is 6.10. The number of halogens is 1. The summed E-state index contributed by atoms with van der Waals surface area (Å²) in [6.07, 6.45) is 0. The van der Waals surface area contributed by atoms with Gasteiger partial charge in [-0.3, -0.25) is 19.4 Å². The third-order valence-corrected chi connectivity index (χ3v) is 5.43. The number of hydrogen-bond acceptors (Lipinski definition) is 7. The summed E-state index contributed by atoms with van der Waals surface area (Å²) in [5.74, 6) is 1.06. The first-order valence-electron chi connectivity index (χ1n) is 10.1. The van der Waals surface area contributed by atoms with Crippen LogP contribution in [0, 0.1) is 5.92 Å².